The molecule has 1 aliphatic carbocycles. The van der Waals surface area contributed by atoms with E-state index in [4.69, 9.17) is 0 Å². The molecule has 2 fully saturated rings. The van der Waals surface area contributed by atoms with Crippen LogP contribution in [-0.4, -0.2) is 29.0 Å². The second kappa shape index (κ2) is 4.65. The van der Waals surface area contributed by atoms with Gasteiger partial charge in [0, 0.05) is 37.4 Å². The van der Waals surface area contributed by atoms with E-state index in [0.29, 0.717) is 0 Å². The van der Waals surface area contributed by atoms with Gasteiger partial charge in [0.2, 0.25) is 0 Å². The Balaban J connectivity index is 1.72. The van der Waals surface area contributed by atoms with Gasteiger partial charge < -0.3 is 5.32 Å². The van der Waals surface area contributed by atoms with E-state index in [1.54, 1.807) is 0 Å². The molecule has 2 atom stereocenters. The summed E-state index contributed by atoms with van der Waals surface area (Å²) in [5, 5.41) is 3.36. The minimum absolute atomic E-state index is 0.842. The molecule has 3 nitrogen and oxygen atoms in total. The quantitative estimate of drug-likeness (QED) is 0.863. The number of anilines is 1. The normalized spacial score (nSPS) is 27.6. The van der Waals surface area contributed by atoms with Crippen LogP contribution >= 0.6 is 0 Å². The molecule has 0 spiro atoms. The van der Waals surface area contributed by atoms with E-state index in [-0.39, 0.29) is 0 Å². The average Bonchev–Trinajstić information content (AvgIpc) is 2.94. The van der Waals surface area contributed by atoms with E-state index in [0.717, 1.165) is 30.9 Å². The number of hydrogen-bond acceptors (Lipinski definition) is 3. The molecule has 2 aliphatic rings. The zero-order chi connectivity index (χ0) is 11.7. The van der Waals surface area contributed by atoms with E-state index < -0.39 is 0 Å². The van der Waals surface area contributed by atoms with Crippen molar-refractivity contribution >= 4 is 5.82 Å². The minimum Gasteiger partial charge on any atom is -0.370 e. The third-order valence-corrected chi connectivity index (χ3v) is 4.13. The van der Waals surface area contributed by atoms with Crippen molar-refractivity contribution in [3.05, 3.63) is 23.9 Å². The summed E-state index contributed by atoms with van der Waals surface area (Å²) in [6.07, 6.45) is 6.16. The first-order valence-corrected chi connectivity index (χ1v) is 6.78. The highest BCUT2D eigenvalue weighted by atomic mass is 15.2. The highest BCUT2D eigenvalue weighted by Gasteiger charge is 2.37. The zero-order valence-corrected chi connectivity index (χ0v) is 10.5. The molecule has 1 aliphatic heterocycles. The van der Waals surface area contributed by atoms with Crippen molar-refractivity contribution in [2.45, 2.75) is 38.8 Å². The standard InChI is InChI=1S/C14H21N3/c1-2-15-14-12(4-3-7-16-14)10-17-9-11-5-6-13(17)8-11/h3-4,7,11,13H,2,5-6,8-10H2,1H3,(H,15,16). The van der Waals surface area contributed by atoms with Crippen LogP contribution in [0.25, 0.3) is 0 Å². The number of likely N-dealkylation sites (tertiary alicyclic amines) is 1. The lowest BCUT2D eigenvalue weighted by atomic mass is 10.1. The number of fused-ring (bicyclic) bond motifs is 2. The van der Waals surface area contributed by atoms with Gasteiger partial charge >= 0.3 is 0 Å². The maximum absolute atomic E-state index is 4.43. The molecule has 2 heterocycles. The van der Waals surface area contributed by atoms with Crippen molar-refractivity contribution in [2.24, 2.45) is 5.92 Å². The predicted octanol–water partition coefficient (Wildman–Crippen LogP) is 2.50. The fourth-order valence-electron chi connectivity index (χ4n) is 3.33. The molecule has 1 aromatic rings. The Kier molecular flexibility index (Phi) is 3.02. The highest BCUT2D eigenvalue weighted by Crippen LogP contribution is 2.38. The van der Waals surface area contributed by atoms with Crippen LogP contribution in [-0.2, 0) is 6.54 Å². The largest absolute Gasteiger partial charge is 0.370 e. The summed E-state index contributed by atoms with van der Waals surface area (Å²) in [6.45, 7) is 5.43. The topological polar surface area (TPSA) is 28.2 Å². The molecule has 3 heteroatoms. The maximum atomic E-state index is 4.43. The van der Waals surface area contributed by atoms with Crippen LogP contribution in [0.15, 0.2) is 18.3 Å². The van der Waals surface area contributed by atoms with Crippen LogP contribution in [0.1, 0.15) is 31.7 Å². The maximum Gasteiger partial charge on any atom is 0.130 e. The van der Waals surface area contributed by atoms with Crippen molar-refractivity contribution in [1.82, 2.24) is 9.88 Å². The van der Waals surface area contributed by atoms with Crippen LogP contribution in [0.2, 0.25) is 0 Å². The van der Waals surface area contributed by atoms with E-state index in [1.165, 1.54) is 31.4 Å². The van der Waals surface area contributed by atoms with Gasteiger partial charge in [-0.3, -0.25) is 4.90 Å². The Morgan fingerprint density at radius 1 is 1.47 bits per heavy atom. The zero-order valence-electron chi connectivity index (χ0n) is 10.5. The van der Waals surface area contributed by atoms with Gasteiger partial charge in [-0.05, 0) is 38.2 Å². The minimum atomic E-state index is 0.842. The van der Waals surface area contributed by atoms with E-state index in [2.05, 4.69) is 28.2 Å². The van der Waals surface area contributed by atoms with E-state index in [9.17, 15) is 0 Å². The van der Waals surface area contributed by atoms with Gasteiger partial charge in [-0.2, -0.15) is 0 Å². The van der Waals surface area contributed by atoms with Gasteiger partial charge in [-0.1, -0.05) is 6.07 Å². The molecule has 2 bridgehead atoms. The number of nitrogens with zero attached hydrogens (tertiary/aromatic N) is 2. The number of nitrogens with one attached hydrogen (secondary N) is 1. The van der Waals surface area contributed by atoms with Gasteiger partial charge in [0.05, 0.1) is 0 Å². The molecule has 2 unspecified atom stereocenters. The summed E-state index contributed by atoms with van der Waals surface area (Å²) in [5.41, 5.74) is 1.35. The Morgan fingerprint density at radius 3 is 3.12 bits per heavy atom. The predicted molar refractivity (Wildman–Crippen MR) is 69.9 cm³/mol. The van der Waals surface area contributed by atoms with Crippen LogP contribution in [0.5, 0.6) is 0 Å². The molecule has 1 saturated heterocycles. The third-order valence-electron chi connectivity index (χ3n) is 4.13. The van der Waals surface area contributed by atoms with Crippen molar-refractivity contribution in [3.63, 3.8) is 0 Å². The van der Waals surface area contributed by atoms with Crippen LogP contribution in [0.4, 0.5) is 5.82 Å². The molecule has 0 radical (unpaired) electrons. The third kappa shape index (κ3) is 2.16. The molecule has 1 saturated carbocycles. The lowest BCUT2D eigenvalue weighted by Gasteiger charge is -2.27. The average molecular weight is 231 g/mol. The summed E-state index contributed by atoms with van der Waals surface area (Å²) in [6, 6.07) is 5.09. The SMILES string of the molecule is CCNc1ncccc1CN1CC2CCC1C2. The molecule has 3 rings (SSSR count). The summed E-state index contributed by atoms with van der Waals surface area (Å²) in [4.78, 5) is 7.08. The first-order valence-electron chi connectivity index (χ1n) is 6.78. The van der Waals surface area contributed by atoms with Crippen LogP contribution in [0.3, 0.4) is 0 Å². The molecule has 1 N–H and O–H groups in total. The second-order valence-electron chi connectivity index (χ2n) is 5.30. The van der Waals surface area contributed by atoms with Gasteiger partial charge in [-0.25, -0.2) is 4.98 Å². The highest BCUT2D eigenvalue weighted by molar-refractivity contribution is 5.43. The first kappa shape index (κ1) is 11.0. The van der Waals surface area contributed by atoms with Gasteiger partial charge in [0.25, 0.3) is 0 Å². The summed E-state index contributed by atoms with van der Waals surface area (Å²) in [7, 11) is 0. The first-order chi connectivity index (χ1) is 8.36. The summed E-state index contributed by atoms with van der Waals surface area (Å²) >= 11 is 0. The monoisotopic (exact) mass is 231 g/mol. The number of aromatic nitrogens is 1. The Bertz CT molecular complexity index is 391. The second-order valence-corrected chi connectivity index (χ2v) is 5.30. The number of pyridine rings is 1. The molecule has 0 amide bonds. The summed E-state index contributed by atoms with van der Waals surface area (Å²) < 4.78 is 0. The van der Waals surface area contributed by atoms with Crippen molar-refractivity contribution in [1.29, 1.82) is 0 Å². The Morgan fingerprint density at radius 2 is 2.41 bits per heavy atom. The molecular formula is C14H21N3. The van der Waals surface area contributed by atoms with Gasteiger partial charge in [0.1, 0.15) is 5.82 Å². The van der Waals surface area contributed by atoms with Gasteiger partial charge in [-0.15, -0.1) is 0 Å². The summed E-state index contributed by atoms with van der Waals surface area (Å²) in [5.74, 6) is 2.04. The van der Waals surface area contributed by atoms with Crippen LogP contribution < -0.4 is 5.32 Å². The van der Waals surface area contributed by atoms with Gasteiger partial charge in [0.15, 0.2) is 0 Å². The van der Waals surface area contributed by atoms with E-state index >= 15 is 0 Å². The van der Waals surface area contributed by atoms with Crippen molar-refractivity contribution in [2.75, 3.05) is 18.4 Å². The fourth-order valence-corrected chi connectivity index (χ4v) is 3.33. The lowest BCUT2D eigenvalue weighted by molar-refractivity contribution is 0.205. The molecular weight excluding hydrogens is 210 g/mol. The van der Waals surface area contributed by atoms with E-state index in [1.807, 2.05) is 12.3 Å². The number of rotatable bonds is 4. The Labute approximate surface area is 103 Å². The smallest absolute Gasteiger partial charge is 0.130 e. The number of piperidine rings is 1. The number of hydrogen-bond donors (Lipinski definition) is 1. The van der Waals surface area contributed by atoms with Crippen molar-refractivity contribution < 1.29 is 0 Å². The fraction of sp³-hybridized carbons (Fsp3) is 0.643. The molecule has 1 aromatic heterocycles. The van der Waals surface area contributed by atoms with Crippen molar-refractivity contribution in [3.8, 4) is 0 Å². The molecule has 0 aromatic carbocycles. The Hall–Kier alpha value is -1.09. The lowest BCUT2D eigenvalue weighted by Crippen LogP contribution is -2.31. The molecule has 17 heavy (non-hydrogen) atoms. The molecule has 92 valence electrons. The van der Waals surface area contributed by atoms with Crippen LogP contribution in [0, 0.1) is 5.92 Å².